The minimum absolute atomic E-state index is 0.0140. The fraction of sp³-hybridized carbons (Fsp3) is 0.889. The second-order valence-corrected chi connectivity index (χ2v) is 3.27. The van der Waals surface area contributed by atoms with Crippen LogP contribution in [0.4, 0.5) is 0 Å². The molecule has 1 amide bonds. The summed E-state index contributed by atoms with van der Waals surface area (Å²) in [6, 6.07) is 0. The van der Waals surface area contributed by atoms with E-state index >= 15 is 0 Å². The summed E-state index contributed by atoms with van der Waals surface area (Å²) in [7, 11) is 3.25. The number of amides is 1. The molecule has 0 aromatic carbocycles. The van der Waals surface area contributed by atoms with Gasteiger partial charge < -0.3 is 20.5 Å². The molecular formula is C9H20N2O3. The maximum Gasteiger partial charge on any atom is 0.221 e. The number of hydrogen-bond acceptors (Lipinski definition) is 4. The van der Waals surface area contributed by atoms with E-state index in [1.165, 1.54) is 0 Å². The van der Waals surface area contributed by atoms with Crippen LogP contribution in [-0.2, 0) is 14.3 Å². The Balaban J connectivity index is 3.55. The van der Waals surface area contributed by atoms with Crippen LogP contribution in [0.3, 0.4) is 0 Å². The minimum Gasteiger partial charge on any atom is -0.382 e. The molecule has 5 heteroatoms. The van der Waals surface area contributed by atoms with Gasteiger partial charge in [-0.3, -0.25) is 4.79 Å². The first-order valence-electron chi connectivity index (χ1n) is 4.63. The van der Waals surface area contributed by atoms with E-state index in [-0.39, 0.29) is 17.9 Å². The predicted molar refractivity (Wildman–Crippen MR) is 53.9 cm³/mol. The van der Waals surface area contributed by atoms with E-state index in [9.17, 15) is 4.79 Å². The van der Waals surface area contributed by atoms with Crippen LogP contribution in [-0.4, -0.2) is 45.9 Å². The first-order chi connectivity index (χ1) is 6.61. The van der Waals surface area contributed by atoms with Crippen molar-refractivity contribution < 1.29 is 14.3 Å². The topological polar surface area (TPSA) is 73.6 Å². The van der Waals surface area contributed by atoms with Crippen molar-refractivity contribution in [2.45, 2.75) is 13.0 Å². The molecular weight excluding hydrogens is 184 g/mol. The smallest absolute Gasteiger partial charge is 0.221 e. The van der Waals surface area contributed by atoms with Crippen LogP contribution in [0.5, 0.6) is 0 Å². The minimum atomic E-state index is -0.293. The fourth-order valence-electron chi connectivity index (χ4n) is 0.958. The Kier molecular flexibility index (Phi) is 7.37. The standard InChI is InChI=1S/C9H20N2O3/c1-7(9(10)12)4-11-5-8(14-3)6-13-2/h7-8,11H,4-6H2,1-3H3,(H2,10,12). The Hall–Kier alpha value is -0.650. The number of carbonyl (C=O) groups is 1. The molecule has 0 saturated carbocycles. The molecule has 2 atom stereocenters. The summed E-state index contributed by atoms with van der Waals surface area (Å²) < 4.78 is 10.1. The molecule has 0 rings (SSSR count). The molecule has 3 N–H and O–H groups in total. The van der Waals surface area contributed by atoms with Crippen LogP contribution in [0.1, 0.15) is 6.92 Å². The molecule has 0 radical (unpaired) electrons. The molecule has 0 aromatic rings. The van der Waals surface area contributed by atoms with Crippen molar-refractivity contribution in [1.82, 2.24) is 5.32 Å². The first kappa shape index (κ1) is 13.4. The van der Waals surface area contributed by atoms with Crippen LogP contribution in [0, 0.1) is 5.92 Å². The number of methoxy groups -OCH3 is 2. The van der Waals surface area contributed by atoms with Crippen LogP contribution >= 0.6 is 0 Å². The number of nitrogens with two attached hydrogens (primary N) is 1. The van der Waals surface area contributed by atoms with Crippen molar-refractivity contribution in [3.63, 3.8) is 0 Å². The molecule has 0 aliphatic heterocycles. The van der Waals surface area contributed by atoms with Crippen LogP contribution in [0.15, 0.2) is 0 Å². The fourth-order valence-corrected chi connectivity index (χ4v) is 0.958. The predicted octanol–water partition coefficient (Wildman–Crippen LogP) is -0.641. The van der Waals surface area contributed by atoms with Gasteiger partial charge in [-0.15, -0.1) is 0 Å². The highest BCUT2D eigenvalue weighted by molar-refractivity contribution is 5.76. The van der Waals surface area contributed by atoms with Crippen molar-refractivity contribution >= 4 is 5.91 Å². The summed E-state index contributed by atoms with van der Waals surface area (Å²) in [4.78, 5) is 10.7. The SMILES string of the molecule is COCC(CNCC(C)C(N)=O)OC. The summed E-state index contributed by atoms with van der Waals surface area (Å²) in [5, 5.41) is 3.10. The molecule has 0 aliphatic carbocycles. The molecule has 0 saturated heterocycles. The quantitative estimate of drug-likeness (QED) is 0.551. The second kappa shape index (κ2) is 7.73. The van der Waals surface area contributed by atoms with Gasteiger partial charge >= 0.3 is 0 Å². The summed E-state index contributed by atoms with van der Waals surface area (Å²) in [6.45, 7) is 3.54. The van der Waals surface area contributed by atoms with Crippen molar-refractivity contribution in [2.24, 2.45) is 11.7 Å². The molecule has 0 aliphatic rings. The molecule has 0 spiro atoms. The highest BCUT2D eigenvalue weighted by atomic mass is 16.5. The zero-order chi connectivity index (χ0) is 11.0. The number of primary amides is 1. The van der Waals surface area contributed by atoms with Gasteiger partial charge in [-0.1, -0.05) is 6.92 Å². The Morgan fingerprint density at radius 2 is 2.07 bits per heavy atom. The van der Waals surface area contributed by atoms with Gasteiger partial charge in [0.1, 0.15) is 0 Å². The molecule has 0 fully saturated rings. The third-order valence-corrected chi connectivity index (χ3v) is 1.99. The van der Waals surface area contributed by atoms with E-state index in [4.69, 9.17) is 15.2 Å². The van der Waals surface area contributed by atoms with Gasteiger partial charge in [0.05, 0.1) is 12.7 Å². The van der Waals surface area contributed by atoms with Gasteiger partial charge in [0.15, 0.2) is 0 Å². The lowest BCUT2D eigenvalue weighted by Crippen LogP contribution is -2.37. The zero-order valence-corrected chi connectivity index (χ0v) is 9.08. The Labute approximate surface area is 84.9 Å². The Bertz CT molecular complexity index is 164. The number of hydrogen-bond donors (Lipinski definition) is 2. The molecule has 5 nitrogen and oxygen atoms in total. The number of carbonyl (C=O) groups excluding carboxylic acids is 1. The van der Waals surface area contributed by atoms with Crippen LogP contribution in [0.25, 0.3) is 0 Å². The molecule has 0 heterocycles. The average molecular weight is 204 g/mol. The highest BCUT2D eigenvalue weighted by Gasteiger charge is 2.10. The summed E-state index contributed by atoms with van der Waals surface area (Å²) in [5.74, 6) is -0.451. The molecule has 84 valence electrons. The third kappa shape index (κ3) is 5.90. The van der Waals surface area contributed by atoms with E-state index in [1.54, 1.807) is 21.1 Å². The lowest BCUT2D eigenvalue weighted by atomic mass is 10.2. The number of ether oxygens (including phenoxy) is 2. The Morgan fingerprint density at radius 3 is 2.50 bits per heavy atom. The van der Waals surface area contributed by atoms with Crippen molar-refractivity contribution in [3.8, 4) is 0 Å². The van der Waals surface area contributed by atoms with Gasteiger partial charge in [-0.05, 0) is 0 Å². The summed E-state index contributed by atoms with van der Waals surface area (Å²) in [6.07, 6.45) is 0.0140. The third-order valence-electron chi connectivity index (χ3n) is 1.99. The number of nitrogens with one attached hydrogen (secondary N) is 1. The second-order valence-electron chi connectivity index (χ2n) is 3.27. The molecule has 2 unspecified atom stereocenters. The van der Waals surface area contributed by atoms with Crippen molar-refractivity contribution in [3.05, 3.63) is 0 Å². The average Bonchev–Trinajstić information content (AvgIpc) is 2.16. The van der Waals surface area contributed by atoms with Gasteiger partial charge in [-0.2, -0.15) is 0 Å². The van der Waals surface area contributed by atoms with Gasteiger partial charge in [-0.25, -0.2) is 0 Å². The first-order valence-corrected chi connectivity index (χ1v) is 4.63. The lowest BCUT2D eigenvalue weighted by Gasteiger charge is -2.16. The van der Waals surface area contributed by atoms with E-state index in [0.29, 0.717) is 19.7 Å². The summed E-state index contributed by atoms with van der Waals surface area (Å²) in [5.41, 5.74) is 5.11. The maximum atomic E-state index is 10.7. The van der Waals surface area contributed by atoms with Crippen molar-refractivity contribution in [1.29, 1.82) is 0 Å². The van der Waals surface area contributed by atoms with E-state index in [0.717, 1.165) is 0 Å². The van der Waals surface area contributed by atoms with E-state index in [1.807, 2.05) is 0 Å². The normalized spacial score (nSPS) is 15.1. The largest absolute Gasteiger partial charge is 0.382 e. The van der Waals surface area contributed by atoms with Gasteiger partial charge in [0, 0.05) is 33.2 Å². The van der Waals surface area contributed by atoms with E-state index in [2.05, 4.69) is 5.32 Å². The van der Waals surface area contributed by atoms with Crippen molar-refractivity contribution in [2.75, 3.05) is 33.9 Å². The monoisotopic (exact) mass is 204 g/mol. The molecule has 0 bridgehead atoms. The highest BCUT2D eigenvalue weighted by Crippen LogP contribution is 1.92. The zero-order valence-electron chi connectivity index (χ0n) is 9.08. The maximum absolute atomic E-state index is 10.7. The Morgan fingerprint density at radius 1 is 1.43 bits per heavy atom. The number of rotatable bonds is 8. The van der Waals surface area contributed by atoms with Gasteiger partial charge in [0.2, 0.25) is 5.91 Å². The van der Waals surface area contributed by atoms with Crippen LogP contribution < -0.4 is 11.1 Å². The molecule has 0 aromatic heterocycles. The van der Waals surface area contributed by atoms with Gasteiger partial charge in [0.25, 0.3) is 0 Å². The van der Waals surface area contributed by atoms with E-state index < -0.39 is 0 Å². The summed E-state index contributed by atoms with van der Waals surface area (Å²) >= 11 is 0. The molecule has 14 heavy (non-hydrogen) atoms. The lowest BCUT2D eigenvalue weighted by molar-refractivity contribution is -0.121. The van der Waals surface area contributed by atoms with Crippen LogP contribution in [0.2, 0.25) is 0 Å².